The lowest BCUT2D eigenvalue weighted by Gasteiger charge is -2.32. The number of benzene rings is 2. The van der Waals surface area contributed by atoms with Crippen LogP contribution in [0.25, 0.3) is 21.9 Å². The van der Waals surface area contributed by atoms with Gasteiger partial charge in [0.15, 0.2) is 0 Å². The van der Waals surface area contributed by atoms with Gasteiger partial charge in [0.1, 0.15) is 18.0 Å². The molecule has 3 aromatic heterocycles. The molecule has 0 aliphatic carbocycles. The average molecular weight is 645 g/mol. The predicted molar refractivity (Wildman–Crippen MR) is 182 cm³/mol. The predicted octanol–water partition coefficient (Wildman–Crippen LogP) is 6.55. The third-order valence-electron chi connectivity index (χ3n) is 9.10. The lowest BCUT2D eigenvalue weighted by molar-refractivity contribution is -0.0592. The maximum Gasteiger partial charge on any atom is 0.338 e. The summed E-state index contributed by atoms with van der Waals surface area (Å²) in [5.41, 5.74) is 5.20. The number of fused-ring (bicyclic) bond motifs is 2. The number of esters is 1. The molecule has 2 fully saturated rings. The minimum Gasteiger partial charge on any atom is -0.473 e. The number of imidazole rings is 1. The number of piperidine rings is 1. The van der Waals surface area contributed by atoms with E-state index in [1.807, 2.05) is 57.2 Å². The number of aromatic nitrogens is 4. The van der Waals surface area contributed by atoms with Crippen LogP contribution >= 0.6 is 0 Å². The van der Waals surface area contributed by atoms with Crippen molar-refractivity contribution >= 4 is 27.9 Å². The van der Waals surface area contributed by atoms with E-state index in [-0.39, 0.29) is 12.1 Å². The molecule has 2 saturated heterocycles. The van der Waals surface area contributed by atoms with E-state index in [0.29, 0.717) is 36.1 Å². The Morgan fingerprint density at radius 1 is 1.02 bits per heavy atom. The van der Waals surface area contributed by atoms with Crippen molar-refractivity contribution in [2.24, 2.45) is 0 Å². The van der Waals surface area contributed by atoms with E-state index in [2.05, 4.69) is 26.6 Å². The van der Waals surface area contributed by atoms with Gasteiger partial charge >= 0.3 is 5.97 Å². The smallest absolute Gasteiger partial charge is 0.338 e. The molecule has 1 atom stereocenters. The summed E-state index contributed by atoms with van der Waals surface area (Å²) < 4.78 is 19.8. The minimum absolute atomic E-state index is 0.159. The highest BCUT2D eigenvalue weighted by atomic mass is 16.6. The molecular weight excluding hydrogens is 604 g/mol. The Morgan fingerprint density at radius 2 is 1.85 bits per heavy atom. The van der Waals surface area contributed by atoms with Crippen molar-refractivity contribution in [2.75, 3.05) is 19.7 Å². The van der Waals surface area contributed by atoms with Gasteiger partial charge in [0, 0.05) is 41.4 Å². The Bertz CT molecular complexity index is 2000. The average Bonchev–Trinajstić information content (AvgIpc) is 3.40. The molecule has 5 heterocycles. The quantitative estimate of drug-likeness (QED) is 0.165. The number of carbonyl (C=O) groups is 1. The van der Waals surface area contributed by atoms with Crippen molar-refractivity contribution in [2.45, 2.75) is 77.4 Å². The molecular formula is C38H40N6O4. The molecule has 0 bridgehead atoms. The van der Waals surface area contributed by atoms with Crippen LogP contribution in [0.15, 0.2) is 66.9 Å². The van der Waals surface area contributed by atoms with Crippen LogP contribution in [-0.2, 0) is 29.2 Å². The number of rotatable bonds is 9. The Labute approximate surface area is 280 Å². The summed E-state index contributed by atoms with van der Waals surface area (Å²) >= 11 is 0. The molecule has 0 N–H and O–H groups in total. The highest BCUT2D eigenvalue weighted by molar-refractivity contribution is 5.94. The molecule has 0 saturated carbocycles. The fourth-order valence-corrected chi connectivity index (χ4v) is 6.47. The van der Waals surface area contributed by atoms with E-state index in [9.17, 15) is 10.1 Å². The normalized spacial score (nSPS) is 17.2. The van der Waals surface area contributed by atoms with E-state index in [4.69, 9.17) is 24.2 Å². The van der Waals surface area contributed by atoms with Crippen LogP contribution in [0.5, 0.6) is 5.88 Å². The standard InChI is InChI=1S/C38H40N6O4/c1-38(2,3)48-37(45)27-8-10-32-34(20-27)44(22-29-14-18-46-29)35(41-32)23-43-16-12-26(13-17-43)31-5-4-6-36(42-31)47-24-28-11-15-40-33-19-25(21-39)7-9-30(28)33/h4-11,15,19-20,26,29H,12-14,16-18,22-24H2,1-3H3. The maximum absolute atomic E-state index is 12.9. The first-order valence-corrected chi connectivity index (χ1v) is 16.7. The van der Waals surface area contributed by atoms with Crippen LogP contribution in [0.1, 0.15) is 79.0 Å². The van der Waals surface area contributed by atoms with Gasteiger partial charge in [-0.05, 0) is 95.6 Å². The summed E-state index contributed by atoms with van der Waals surface area (Å²) in [6.07, 6.45) is 4.90. The Balaban J connectivity index is 1.01. The number of hydrogen-bond donors (Lipinski definition) is 0. The largest absolute Gasteiger partial charge is 0.473 e. The number of pyridine rings is 2. The second-order valence-corrected chi connectivity index (χ2v) is 13.7. The fraction of sp³-hybridized carbons (Fsp3) is 0.395. The zero-order chi connectivity index (χ0) is 33.3. The first-order valence-electron chi connectivity index (χ1n) is 16.7. The van der Waals surface area contributed by atoms with Gasteiger partial charge in [-0.3, -0.25) is 9.88 Å². The fourth-order valence-electron chi connectivity index (χ4n) is 6.47. The number of nitrogens with zero attached hydrogens (tertiary/aromatic N) is 6. The molecule has 246 valence electrons. The van der Waals surface area contributed by atoms with Crippen molar-refractivity contribution in [3.8, 4) is 11.9 Å². The van der Waals surface area contributed by atoms with E-state index >= 15 is 0 Å². The summed E-state index contributed by atoms with van der Waals surface area (Å²) in [5, 5.41) is 10.2. The van der Waals surface area contributed by atoms with E-state index in [0.717, 1.165) is 84.5 Å². The third kappa shape index (κ3) is 7.03. The number of ether oxygens (including phenoxy) is 3. The summed E-state index contributed by atoms with van der Waals surface area (Å²) in [5.74, 6) is 1.60. The molecule has 0 spiro atoms. The highest BCUT2D eigenvalue weighted by Crippen LogP contribution is 2.30. The molecule has 1 unspecified atom stereocenters. The molecule has 2 aliphatic heterocycles. The first-order chi connectivity index (χ1) is 23.2. The number of hydrogen-bond acceptors (Lipinski definition) is 9. The topological polar surface area (TPSA) is 115 Å². The Kier molecular flexibility index (Phi) is 8.82. The van der Waals surface area contributed by atoms with Crippen molar-refractivity contribution in [3.05, 3.63) is 95.1 Å². The van der Waals surface area contributed by atoms with Gasteiger partial charge in [0.2, 0.25) is 5.88 Å². The molecule has 10 heteroatoms. The molecule has 5 aromatic rings. The van der Waals surface area contributed by atoms with Crippen molar-refractivity contribution in [1.82, 2.24) is 24.4 Å². The van der Waals surface area contributed by atoms with Gasteiger partial charge in [0.05, 0.1) is 52.9 Å². The van der Waals surface area contributed by atoms with Crippen molar-refractivity contribution < 1.29 is 19.0 Å². The lowest BCUT2D eigenvalue weighted by Crippen LogP contribution is -2.35. The Morgan fingerprint density at radius 3 is 2.60 bits per heavy atom. The second-order valence-electron chi connectivity index (χ2n) is 13.7. The van der Waals surface area contributed by atoms with Crippen LogP contribution < -0.4 is 4.74 Å². The SMILES string of the molecule is CC(C)(C)OC(=O)c1ccc2nc(CN3CCC(c4cccc(OCc5ccnc6cc(C#N)ccc56)n4)CC3)n(CC3CCO3)c2c1. The summed E-state index contributed by atoms with van der Waals surface area (Å²) in [4.78, 5) is 29.6. The monoisotopic (exact) mass is 644 g/mol. The van der Waals surface area contributed by atoms with Gasteiger partial charge in [0.25, 0.3) is 0 Å². The summed E-state index contributed by atoms with van der Waals surface area (Å²) in [6.45, 7) is 10.1. The molecule has 2 aromatic carbocycles. The van der Waals surface area contributed by atoms with Gasteiger partial charge in [-0.25, -0.2) is 14.8 Å². The molecule has 2 aliphatic rings. The van der Waals surface area contributed by atoms with Crippen LogP contribution in [0, 0.1) is 11.3 Å². The van der Waals surface area contributed by atoms with Crippen LogP contribution in [0.3, 0.4) is 0 Å². The second kappa shape index (κ2) is 13.3. The van der Waals surface area contributed by atoms with Crippen molar-refractivity contribution in [3.63, 3.8) is 0 Å². The molecule has 48 heavy (non-hydrogen) atoms. The van der Waals surface area contributed by atoms with Crippen LogP contribution in [0.2, 0.25) is 0 Å². The molecule has 0 radical (unpaired) electrons. The zero-order valence-corrected chi connectivity index (χ0v) is 27.7. The summed E-state index contributed by atoms with van der Waals surface area (Å²) in [7, 11) is 0. The zero-order valence-electron chi connectivity index (χ0n) is 27.7. The highest BCUT2D eigenvalue weighted by Gasteiger charge is 2.27. The Hall–Kier alpha value is -4.85. The van der Waals surface area contributed by atoms with E-state index < -0.39 is 5.60 Å². The first kappa shape index (κ1) is 31.7. The van der Waals surface area contributed by atoms with Gasteiger partial charge < -0.3 is 18.8 Å². The minimum atomic E-state index is -0.562. The molecule has 0 amide bonds. The summed E-state index contributed by atoms with van der Waals surface area (Å²) in [6, 6.07) is 21.3. The maximum atomic E-state index is 12.9. The van der Waals surface area contributed by atoms with Crippen LogP contribution in [-0.4, -0.2) is 61.8 Å². The third-order valence-corrected chi connectivity index (χ3v) is 9.10. The van der Waals surface area contributed by atoms with E-state index in [1.165, 1.54) is 0 Å². The molecule has 7 rings (SSSR count). The lowest BCUT2D eigenvalue weighted by atomic mass is 9.93. The molecule has 10 nitrogen and oxygen atoms in total. The van der Waals surface area contributed by atoms with Crippen LogP contribution in [0.4, 0.5) is 0 Å². The van der Waals surface area contributed by atoms with Crippen molar-refractivity contribution in [1.29, 1.82) is 5.26 Å². The number of nitriles is 1. The number of likely N-dealkylation sites (tertiary alicyclic amines) is 1. The van der Waals surface area contributed by atoms with Gasteiger partial charge in [-0.2, -0.15) is 5.26 Å². The van der Waals surface area contributed by atoms with Gasteiger partial charge in [-0.1, -0.05) is 12.1 Å². The van der Waals surface area contributed by atoms with E-state index in [1.54, 1.807) is 24.4 Å². The van der Waals surface area contributed by atoms with Gasteiger partial charge in [-0.15, -0.1) is 0 Å². The number of carbonyl (C=O) groups excluding carboxylic acids is 1.